The Morgan fingerprint density at radius 3 is 2.91 bits per heavy atom. The van der Waals surface area contributed by atoms with Crippen LogP contribution < -0.4 is 4.74 Å². The Hall–Kier alpha value is -1.88. The van der Waals surface area contributed by atoms with E-state index in [4.69, 9.17) is 4.74 Å². The molecule has 1 aliphatic heterocycles. The average Bonchev–Trinajstić information content (AvgIpc) is 3.07. The lowest BCUT2D eigenvalue weighted by atomic mass is 10.1. The van der Waals surface area contributed by atoms with Crippen LogP contribution in [0.5, 0.6) is 5.75 Å². The van der Waals surface area contributed by atoms with Crippen molar-refractivity contribution in [3.05, 3.63) is 47.3 Å². The Morgan fingerprint density at radius 2 is 2.23 bits per heavy atom. The molecular weight excluding hydrogens is 281 g/mol. The highest BCUT2D eigenvalue weighted by Gasteiger charge is 2.30. The summed E-state index contributed by atoms with van der Waals surface area (Å²) in [6.45, 7) is 3.50. The molecule has 3 rings (SSSR count). The Balaban J connectivity index is 1.87. The average molecular weight is 303 g/mol. The molecule has 1 saturated heterocycles. The normalized spacial score (nSPS) is 18.8. The van der Waals surface area contributed by atoms with E-state index in [2.05, 4.69) is 14.5 Å². The van der Waals surface area contributed by atoms with Gasteiger partial charge >= 0.3 is 0 Å². The van der Waals surface area contributed by atoms with Crippen LogP contribution in [0.15, 0.2) is 24.4 Å². The van der Waals surface area contributed by atoms with Gasteiger partial charge in [0.05, 0.1) is 18.8 Å². The number of hydrogen-bond acceptors (Lipinski definition) is 3. The van der Waals surface area contributed by atoms with Gasteiger partial charge in [-0.1, -0.05) is 6.07 Å². The topological polar surface area (TPSA) is 30.3 Å². The van der Waals surface area contributed by atoms with E-state index in [1.165, 1.54) is 6.07 Å². The molecule has 118 valence electrons. The molecule has 0 radical (unpaired) electrons. The van der Waals surface area contributed by atoms with E-state index in [0.29, 0.717) is 17.9 Å². The van der Waals surface area contributed by atoms with Gasteiger partial charge in [0.15, 0.2) is 0 Å². The summed E-state index contributed by atoms with van der Waals surface area (Å²) in [6.07, 6.45) is 4.20. The van der Waals surface area contributed by atoms with Crippen molar-refractivity contribution in [3.63, 3.8) is 0 Å². The fourth-order valence-corrected chi connectivity index (χ4v) is 3.34. The number of halogens is 1. The monoisotopic (exact) mass is 303 g/mol. The summed E-state index contributed by atoms with van der Waals surface area (Å²) in [4.78, 5) is 6.94. The van der Waals surface area contributed by atoms with Gasteiger partial charge in [-0.3, -0.25) is 4.90 Å². The number of aryl methyl sites for hydroxylation is 2. The number of nitrogens with zero attached hydrogens (tertiary/aromatic N) is 3. The SMILES string of the molecule is COc1cccc(F)c1CN1CCCC1c1nc(C)cn1C. The number of rotatable bonds is 4. The van der Waals surface area contributed by atoms with Crippen molar-refractivity contribution >= 4 is 0 Å². The van der Waals surface area contributed by atoms with Crippen molar-refractivity contribution in [2.24, 2.45) is 7.05 Å². The van der Waals surface area contributed by atoms with E-state index in [9.17, 15) is 4.39 Å². The Labute approximate surface area is 130 Å². The number of ether oxygens (including phenoxy) is 1. The molecule has 5 heteroatoms. The lowest BCUT2D eigenvalue weighted by Gasteiger charge is -2.25. The molecule has 22 heavy (non-hydrogen) atoms. The van der Waals surface area contributed by atoms with Crippen LogP contribution in [0.2, 0.25) is 0 Å². The van der Waals surface area contributed by atoms with Crippen LogP contribution in [0.3, 0.4) is 0 Å². The second-order valence-corrected chi connectivity index (χ2v) is 5.90. The van der Waals surface area contributed by atoms with E-state index in [-0.39, 0.29) is 11.9 Å². The molecule has 1 aromatic carbocycles. The lowest BCUT2D eigenvalue weighted by Crippen LogP contribution is -2.25. The Morgan fingerprint density at radius 1 is 1.41 bits per heavy atom. The number of methoxy groups -OCH3 is 1. The van der Waals surface area contributed by atoms with Crippen LogP contribution >= 0.6 is 0 Å². The Kier molecular flexibility index (Phi) is 4.16. The summed E-state index contributed by atoms with van der Waals surface area (Å²) in [6, 6.07) is 5.23. The fourth-order valence-electron chi connectivity index (χ4n) is 3.34. The highest BCUT2D eigenvalue weighted by molar-refractivity contribution is 5.34. The summed E-state index contributed by atoms with van der Waals surface area (Å²) < 4.78 is 21.6. The molecule has 1 aliphatic rings. The number of benzene rings is 1. The van der Waals surface area contributed by atoms with Crippen molar-refractivity contribution in [3.8, 4) is 5.75 Å². The van der Waals surface area contributed by atoms with Crippen LogP contribution in [0.4, 0.5) is 4.39 Å². The third-order valence-electron chi connectivity index (χ3n) is 4.35. The second kappa shape index (κ2) is 6.08. The first kappa shape index (κ1) is 15.0. The minimum Gasteiger partial charge on any atom is -0.496 e. The summed E-state index contributed by atoms with van der Waals surface area (Å²) in [5, 5.41) is 0. The summed E-state index contributed by atoms with van der Waals surface area (Å²) in [5.74, 6) is 1.47. The van der Waals surface area contributed by atoms with Crippen molar-refractivity contribution < 1.29 is 9.13 Å². The number of hydrogen-bond donors (Lipinski definition) is 0. The van der Waals surface area contributed by atoms with E-state index in [1.807, 2.05) is 26.2 Å². The minimum absolute atomic E-state index is 0.207. The molecule has 0 aliphatic carbocycles. The highest BCUT2D eigenvalue weighted by Crippen LogP contribution is 2.34. The molecule has 0 amide bonds. The quantitative estimate of drug-likeness (QED) is 0.869. The highest BCUT2D eigenvalue weighted by atomic mass is 19.1. The molecule has 2 aromatic rings. The van der Waals surface area contributed by atoms with E-state index < -0.39 is 0 Å². The predicted octanol–water partition coefficient (Wildman–Crippen LogP) is 3.21. The maximum Gasteiger partial charge on any atom is 0.131 e. The molecule has 1 fully saturated rings. The molecule has 4 nitrogen and oxygen atoms in total. The first-order chi connectivity index (χ1) is 10.6. The van der Waals surface area contributed by atoms with Gasteiger partial charge in [-0.2, -0.15) is 0 Å². The van der Waals surface area contributed by atoms with Crippen molar-refractivity contribution in [2.75, 3.05) is 13.7 Å². The van der Waals surface area contributed by atoms with Gasteiger partial charge in [0.2, 0.25) is 0 Å². The zero-order chi connectivity index (χ0) is 15.7. The van der Waals surface area contributed by atoms with Crippen LogP contribution in [0.25, 0.3) is 0 Å². The maximum absolute atomic E-state index is 14.2. The number of likely N-dealkylation sites (tertiary alicyclic amines) is 1. The van der Waals surface area contributed by atoms with Crippen molar-refractivity contribution in [1.29, 1.82) is 0 Å². The van der Waals surface area contributed by atoms with Crippen molar-refractivity contribution in [2.45, 2.75) is 32.4 Å². The maximum atomic E-state index is 14.2. The van der Waals surface area contributed by atoms with E-state index in [0.717, 1.165) is 30.9 Å². The fraction of sp³-hybridized carbons (Fsp3) is 0.471. The van der Waals surface area contributed by atoms with Gasteiger partial charge in [-0.25, -0.2) is 9.37 Å². The van der Waals surface area contributed by atoms with Crippen LogP contribution in [0.1, 0.15) is 36.0 Å². The molecule has 1 unspecified atom stereocenters. The number of aromatic nitrogens is 2. The predicted molar refractivity (Wildman–Crippen MR) is 83.3 cm³/mol. The summed E-state index contributed by atoms with van der Waals surface area (Å²) in [5.41, 5.74) is 1.65. The zero-order valence-electron chi connectivity index (χ0n) is 13.3. The Bertz CT molecular complexity index is 668. The van der Waals surface area contributed by atoms with Crippen LogP contribution in [-0.2, 0) is 13.6 Å². The smallest absolute Gasteiger partial charge is 0.131 e. The molecule has 1 aromatic heterocycles. The van der Waals surface area contributed by atoms with E-state index >= 15 is 0 Å². The van der Waals surface area contributed by atoms with Gasteiger partial charge in [0.25, 0.3) is 0 Å². The van der Waals surface area contributed by atoms with Gasteiger partial charge in [-0.05, 0) is 38.4 Å². The summed E-state index contributed by atoms with van der Waals surface area (Å²) in [7, 11) is 3.61. The molecule has 0 N–H and O–H groups in total. The summed E-state index contributed by atoms with van der Waals surface area (Å²) >= 11 is 0. The molecular formula is C17H22FN3O. The lowest BCUT2D eigenvalue weighted by molar-refractivity contribution is 0.229. The molecule has 1 atom stereocenters. The van der Waals surface area contributed by atoms with Gasteiger partial charge in [-0.15, -0.1) is 0 Å². The molecule has 0 saturated carbocycles. The molecule has 2 heterocycles. The second-order valence-electron chi connectivity index (χ2n) is 5.90. The van der Waals surface area contributed by atoms with E-state index in [1.54, 1.807) is 13.2 Å². The zero-order valence-corrected chi connectivity index (χ0v) is 13.3. The van der Waals surface area contributed by atoms with Gasteiger partial charge in [0.1, 0.15) is 17.4 Å². The standard InChI is InChI=1S/C17H22FN3O/c1-12-10-20(2)17(19-12)15-7-5-9-21(15)11-13-14(18)6-4-8-16(13)22-3/h4,6,8,10,15H,5,7,9,11H2,1-3H3. The molecule has 0 bridgehead atoms. The third-order valence-corrected chi connectivity index (χ3v) is 4.35. The van der Waals surface area contributed by atoms with Gasteiger partial charge in [0, 0.05) is 25.4 Å². The van der Waals surface area contributed by atoms with Crippen LogP contribution in [0, 0.1) is 12.7 Å². The van der Waals surface area contributed by atoms with Crippen LogP contribution in [-0.4, -0.2) is 28.1 Å². The third kappa shape index (κ3) is 2.73. The van der Waals surface area contributed by atoms with Crippen molar-refractivity contribution in [1.82, 2.24) is 14.5 Å². The first-order valence-corrected chi connectivity index (χ1v) is 7.65. The molecule has 0 spiro atoms. The minimum atomic E-state index is -0.207. The van der Waals surface area contributed by atoms with Gasteiger partial charge < -0.3 is 9.30 Å². The first-order valence-electron chi connectivity index (χ1n) is 7.65. The largest absolute Gasteiger partial charge is 0.496 e. The number of imidazole rings is 1.